The summed E-state index contributed by atoms with van der Waals surface area (Å²) in [6.45, 7) is 6.43. The van der Waals surface area contributed by atoms with Crippen LogP contribution in [0.2, 0.25) is 0 Å². The van der Waals surface area contributed by atoms with Gasteiger partial charge in [-0.05, 0) is 32.4 Å². The van der Waals surface area contributed by atoms with Crippen LogP contribution in [0, 0.1) is 6.92 Å². The minimum Gasteiger partial charge on any atom is -0.372 e. The normalized spacial score (nSPS) is 10.8. The van der Waals surface area contributed by atoms with Crippen LogP contribution in [0.15, 0.2) is 29.6 Å². The summed E-state index contributed by atoms with van der Waals surface area (Å²) < 4.78 is 0. The molecule has 2 nitrogen and oxygen atoms in total. The molecule has 0 atom stereocenters. The van der Waals surface area contributed by atoms with Crippen molar-refractivity contribution in [3.8, 4) is 0 Å². The smallest absolute Gasteiger partial charge is 0.0929 e. The van der Waals surface area contributed by atoms with Gasteiger partial charge in [-0.2, -0.15) is 0 Å². The summed E-state index contributed by atoms with van der Waals surface area (Å²) in [6, 6.07) is 8.75. The second-order valence-electron chi connectivity index (χ2n) is 4.88. The monoisotopic (exact) mass is 308 g/mol. The van der Waals surface area contributed by atoms with Gasteiger partial charge in [0.1, 0.15) is 0 Å². The number of halogens is 1. The first-order valence-electron chi connectivity index (χ1n) is 7.03. The van der Waals surface area contributed by atoms with Gasteiger partial charge < -0.3 is 4.90 Å². The van der Waals surface area contributed by atoms with Gasteiger partial charge in [0, 0.05) is 30.6 Å². The zero-order chi connectivity index (χ0) is 14.4. The summed E-state index contributed by atoms with van der Waals surface area (Å²) in [5.74, 6) is 0.515. The fourth-order valence-electron chi connectivity index (χ4n) is 2.17. The van der Waals surface area contributed by atoms with Crippen LogP contribution in [-0.2, 0) is 12.3 Å². The van der Waals surface area contributed by atoms with Crippen LogP contribution < -0.4 is 4.90 Å². The molecule has 1 heterocycles. The molecule has 0 radical (unpaired) electrons. The van der Waals surface area contributed by atoms with Crippen molar-refractivity contribution in [2.45, 2.75) is 32.6 Å². The third-order valence-corrected chi connectivity index (χ3v) is 4.57. The van der Waals surface area contributed by atoms with E-state index < -0.39 is 0 Å². The van der Waals surface area contributed by atoms with Crippen LogP contribution in [0.4, 0.5) is 5.69 Å². The van der Waals surface area contributed by atoms with Crippen LogP contribution in [0.1, 0.15) is 29.6 Å². The minimum atomic E-state index is 0.515. The molecule has 0 N–H and O–H groups in total. The molecule has 0 amide bonds. The lowest BCUT2D eigenvalue weighted by molar-refractivity contribution is 0.742. The number of aromatic nitrogens is 1. The Labute approximate surface area is 130 Å². The molecule has 108 valence electrons. The van der Waals surface area contributed by atoms with Crippen LogP contribution in [0.25, 0.3) is 0 Å². The van der Waals surface area contributed by atoms with Crippen LogP contribution in [0.3, 0.4) is 0 Å². The molecule has 20 heavy (non-hydrogen) atoms. The molecule has 0 aliphatic heterocycles. The molecule has 0 spiro atoms. The van der Waals surface area contributed by atoms with E-state index in [1.165, 1.54) is 16.3 Å². The summed E-state index contributed by atoms with van der Waals surface area (Å²) in [5, 5.41) is 3.25. The average molecular weight is 309 g/mol. The number of hydrogen-bond donors (Lipinski definition) is 0. The van der Waals surface area contributed by atoms with Crippen molar-refractivity contribution in [3.05, 3.63) is 45.9 Å². The highest BCUT2D eigenvalue weighted by atomic mass is 35.5. The molecule has 2 rings (SSSR count). The maximum atomic E-state index is 5.78. The lowest BCUT2D eigenvalue weighted by Crippen LogP contribution is -2.24. The number of alkyl halides is 1. The van der Waals surface area contributed by atoms with Crippen molar-refractivity contribution in [2.75, 3.05) is 18.0 Å². The summed E-state index contributed by atoms with van der Waals surface area (Å²) in [7, 11) is 0. The van der Waals surface area contributed by atoms with Crippen molar-refractivity contribution in [2.24, 2.45) is 0 Å². The zero-order valence-corrected chi connectivity index (χ0v) is 13.7. The first kappa shape index (κ1) is 15.3. The Balaban J connectivity index is 1.86. The molecule has 1 aromatic heterocycles. The number of nitrogens with zero attached hydrogens (tertiary/aromatic N) is 2. The van der Waals surface area contributed by atoms with Gasteiger partial charge >= 0.3 is 0 Å². The first-order valence-corrected chi connectivity index (χ1v) is 8.45. The standard InChI is InChI=1S/C16H21ClN2S/c1-3-19(15-8-6-13(2)7-9-15)10-4-5-16-18-14(11-17)12-20-16/h6-9,12H,3-5,10-11H2,1-2H3. The van der Waals surface area contributed by atoms with Gasteiger partial charge in [0.05, 0.1) is 16.6 Å². The Hall–Kier alpha value is -1.06. The maximum Gasteiger partial charge on any atom is 0.0929 e. The average Bonchev–Trinajstić information content (AvgIpc) is 2.93. The van der Waals surface area contributed by atoms with E-state index in [0.717, 1.165) is 31.6 Å². The highest BCUT2D eigenvalue weighted by Crippen LogP contribution is 2.17. The largest absolute Gasteiger partial charge is 0.372 e. The van der Waals surface area contributed by atoms with Crippen molar-refractivity contribution >= 4 is 28.6 Å². The van der Waals surface area contributed by atoms with E-state index in [2.05, 4.69) is 53.4 Å². The van der Waals surface area contributed by atoms with Gasteiger partial charge in [0.15, 0.2) is 0 Å². The highest BCUT2D eigenvalue weighted by Gasteiger charge is 2.05. The topological polar surface area (TPSA) is 16.1 Å². The number of benzene rings is 1. The van der Waals surface area contributed by atoms with Crippen LogP contribution in [-0.4, -0.2) is 18.1 Å². The van der Waals surface area contributed by atoms with Gasteiger partial charge in [0.25, 0.3) is 0 Å². The molecule has 0 bridgehead atoms. The number of rotatable bonds is 7. The van der Waals surface area contributed by atoms with E-state index in [4.69, 9.17) is 11.6 Å². The van der Waals surface area contributed by atoms with E-state index in [1.54, 1.807) is 11.3 Å². The highest BCUT2D eigenvalue weighted by molar-refractivity contribution is 7.09. The number of aryl methyl sites for hydroxylation is 2. The predicted octanol–water partition coefficient (Wildman–Crippen LogP) is 4.65. The molecule has 4 heteroatoms. The Kier molecular flexibility index (Phi) is 5.86. The predicted molar refractivity (Wildman–Crippen MR) is 89.1 cm³/mol. The Bertz CT molecular complexity index is 522. The molecular weight excluding hydrogens is 288 g/mol. The van der Waals surface area contributed by atoms with Crippen molar-refractivity contribution in [3.63, 3.8) is 0 Å². The molecule has 0 aliphatic carbocycles. The molecule has 0 unspecified atom stereocenters. The second-order valence-corrected chi connectivity index (χ2v) is 6.09. The van der Waals surface area contributed by atoms with E-state index >= 15 is 0 Å². The zero-order valence-electron chi connectivity index (χ0n) is 12.1. The summed E-state index contributed by atoms with van der Waals surface area (Å²) in [4.78, 5) is 6.92. The molecule has 0 aliphatic rings. The Morgan fingerprint density at radius 1 is 1.25 bits per heavy atom. The number of hydrogen-bond acceptors (Lipinski definition) is 3. The van der Waals surface area contributed by atoms with E-state index in [-0.39, 0.29) is 0 Å². The molecule has 1 aromatic carbocycles. The lowest BCUT2D eigenvalue weighted by atomic mass is 10.2. The first-order chi connectivity index (χ1) is 9.72. The molecule has 0 saturated carbocycles. The molecule has 0 fully saturated rings. The Morgan fingerprint density at radius 3 is 2.60 bits per heavy atom. The fraction of sp³-hybridized carbons (Fsp3) is 0.438. The summed E-state index contributed by atoms with van der Waals surface area (Å²) in [6.07, 6.45) is 2.15. The third kappa shape index (κ3) is 4.22. The molecule has 0 saturated heterocycles. The van der Waals surface area contributed by atoms with Gasteiger partial charge in [-0.15, -0.1) is 22.9 Å². The van der Waals surface area contributed by atoms with Gasteiger partial charge in [-0.3, -0.25) is 0 Å². The Morgan fingerprint density at radius 2 is 2.00 bits per heavy atom. The van der Waals surface area contributed by atoms with E-state index in [9.17, 15) is 0 Å². The molecule has 2 aromatic rings. The third-order valence-electron chi connectivity index (χ3n) is 3.34. The van der Waals surface area contributed by atoms with Crippen LogP contribution >= 0.6 is 22.9 Å². The van der Waals surface area contributed by atoms with Gasteiger partial charge in [-0.25, -0.2) is 4.98 Å². The van der Waals surface area contributed by atoms with Crippen LogP contribution in [0.5, 0.6) is 0 Å². The van der Waals surface area contributed by atoms with E-state index in [0.29, 0.717) is 5.88 Å². The van der Waals surface area contributed by atoms with E-state index in [1.807, 2.05) is 0 Å². The second kappa shape index (κ2) is 7.65. The maximum absolute atomic E-state index is 5.78. The van der Waals surface area contributed by atoms with Crippen molar-refractivity contribution in [1.82, 2.24) is 4.98 Å². The lowest BCUT2D eigenvalue weighted by Gasteiger charge is -2.23. The van der Waals surface area contributed by atoms with Crippen molar-refractivity contribution in [1.29, 1.82) is 0 Å². The fourth-order valence-corrected chi connectivity index (χ4v) is 3.24. The molecular formula is C16H21ClN2S. The summed E-state index contributed by atoms with van der Waals surface area (Å²) >= 11 is 7.49. The summed E-state index contributed by atoms with van der Waals surface area (Å²) in [5.41, 5.74) is 3.61. The minimum absolute atomic E-state index is 0.515. The van der Waals surface area contributed by atoms with Crippen molar-refractivity contribution < 1.29 is 0 Å². The quantitative estimate of drug-likeness (QED) is 0.692. The van der Waals surface area contributed by atoms with Gasteiger partial charge in [-0.1, -0.05) is 17.7 Å². The SMILES string of the molecule is CCN(CCCc1nc(CCl)cs1)c1ccc(C)cc1. The van der Waals surface area contributed by atoms with Gasteiger partial charge in [0.2, 0.25) is 0 Å². The number of anilines is 1. The number of thiazole rings is 1.